The molecule has 6 rings (SSSR count). The van der Waals surface area contributed by atoms with Crippen LogP contribution in [0.15, 0.2) is 54.6 Å². The van der Waals surface area contributed by atoms with E-state index in [-0.39, 0.29) is 57.8 Å². The van der Waals surface area contributed by atoms with E-state index in [4.69, 9.17) is 41.4 Å². The third-order valence-electron chi connectivity index (χ3n) is 11.7. The Morgan fingerprint density at radius 3 is 2.22 bits per heavy atom. The molecule has 4 aromatic rings. The lowest BCUT2D eigenvalue weighted by atomic mass is 9.93. The van der Waals surface area contributed by atoms with Crippen LogP contribution >= 0.6 is 0 Å². The van der Waals surface area contributed by atoms with Crippen molar-refractivity contribution in [3.8, 4) is 40.1 Å². The van der Waals surface area contributed by atoms with Crippen LogP contribution in [-0.4, -0.2) is 109 Å². The largest absolute Gasteiger partial charge is 0.492 e. The van der Waals surface area contributed by atoms with E-state index in [1.165, 1.54) is 18.9 Å². The van der Waals surface area contributed by atoms with E-state index in [1.807, 2.05) is 38.1 Å². The van der Waals surface area contributed by atoms with Crippen LogP contribution in [0.2, 0.25) is 0 Å². The molecule has 3 aromatic carbocycles. The van der Waals surface area contributed by atoms with Crippen molar-refractivity contribution in [2.45, 2.75) is 83.8 Å². The van der Waals surface area contributed by atoms with Gasteiger partial charge in [-0.3, -0.25) is 24.0 Å². The normalized spacial score (nSPS) is 17.9. The summed E-state index contributed by atoms with van der Waals surface area (Å²) in [6, 6.07) is 12.9. The number of nitrogens with two attached hydrogens (primary N) is 3. The number of rotatable bonds is 15. The van der Waals surface area contributed by atoms with E-state index in [9.17, 15) is 29.2 Å². The van der Waals surface area contributed by atoms with Crippen molar-refractivity contribution in [3.63, 3.8) is 0 Å². The van der Waals surface area contributed by atoms with E-state index in [0.29, 0.717) is 57.6 Å². The maximum atomic E-state index is 14.8. The number of carbonyl (C=O) groups excluding carboxylic acids is 5. The predicted octanol–water partition coefficient (Wildman–Crippen LogP) is 1.70. The third-order valence-corrected chi connectivity index (χ3v) is 11.7. The summed E-state index contributed by atoms with van der Waals surface area (Å²) < 4.78 is 18.2. The van der Waals surface area contributed by atoms with Gasteiger partial charge in [0.2, 0.25) is 23.6 Å². The number of fused-ring (bicyclic) bond motifs is 6. The Kier molecular flexibility index (Phi) is 15.9. The topological polar surface area (TPSA) is 292 Å². The molecule has 5 amide bonds. The predicted molar refractivity (Wildman–Crippen MR) is 248 cm³/mol. The highest BCUT2D eigenvalue weighted by Crippen LogP contribution is 2.41. The van der Waals surface area contributed by atoms with Crippen LogP contribution in [0.1, 0.15) is 77.2 Å². The summed E-state index contributed by atoms with van der Waals surface area (Å²) in [5, 5.41) is 19.9. The first-order chi connectivity index (χ1) is 32.0. The van der Waals surface area contributed by atoms with Crippen LogP contribution in [0.25, 0.3) is 22.5 Å². The van der Waals surface area contributed by atoms with E-state index in [1.54, 1.807) is 50.2 Å². The van der Waals surface area contributed by atoms with Gasteiger partial charge in [-0.1, -0.05) is 24.3 Å². The molecule has 1 aromatic heterocycles. The van der Waals surface area contributed by atoms with Crippen molar-refractivity contribution in [1.82, 2.24) is 36.1 Å². The number of aromatic nitrogens is 2. The average Bonchev–Trinajstić information content (AvgIpc) is 3.61. The Hall–Kier alpha value is -6.98. The quantitative estimate of drug-likeness (QED) is 0.0836. The molecule has 0 radical (unpaired) electrons. The van der Waals surface area contributed by atoms with Crippen LogP contribution in [0.5, 0.6) is 11.5 Å². The summed E-state index contributed by atoms with van der Waals surface area (Å²) in [6.07, 6.45) is -0.00726. The summed E-state index contributed by atoms with van der Waals surface area (Å²) in [5.41, 5.74) is 23.0. The molecular formula is C48H59N11O8. The number of aryl methyl sites for hydroxylation is 2. The van der Waals surface area contributed by atoms with Gasteiger partial charge in [0.1, 0.15) is 55.4 Å². The van der Waals surface area contributed by atoms with Gasteiger partial charge >= 0.3 is 0 Å². The number of ether oxygens (including phenoxy) is 3. The minimum atomic E-state index is -1.41. The molecule has 3 heterocycles. The Balaban J connectivity index is 1.38. The zero-order valence-corrected chi connectivity index (χ0v) is 38.7. The summed E-state index contributed by atoms with van der Waals surface area (Å²) in [5.74, 6) is -2.17. The Labute approximate surface area is 389 Å². The van der Waals surface area contributed by atoms with Crippen LogP contribution in [0, 0.1) is 25.2 Å². The van der Waals surface area contributed by atoms with Crippen molar-refractivity contribution >= 4 is 29.5 Å². The molecule has 0 unspecified atom stereocenters. The molecule has 0 fully saturated rings. The molecule has 10 N–H and O–H groups in total. The van der Waals surface area contributed by atoms with Gasteiger partial charge in [-0.15, -0.1) is 0 Å². The second-order valence-electron chi connectivity index (χ2n) is 17.0. The molecule has 354 valence electrons. The van der Waals surface area contributed by atoms with Crippen molar-refractivity contribution in [2.24, 2.45) is 17.2 Å². The lowest BCUT2D eigenvalue weighted by molar-refractivity contribution is -0.141. The number of carbonyl (C=O) groups is 5. The van der Waals surface area contributed by atoms with Crippen LogP contribution < -0.4 is 47.9 Å². The highest BCUT2D eigenvalue weighted by Gasteiger charge is 2.37. The van der Waals surface area contributed by atoms with Crippen molar-refractivity contribution in [2.75, 3.05) is 46.4 Å². The number of nitrogens with zero attached hydrogens (tertiary/aromatic N) is 4. The third kappa shape index (κ3) is 11.2. The molecule has 2 aliphatic heterocycles. The van der Waals surface area contributed by atoms with Crippen molar-refractivity contribution < 1.29 is 38.2 Å². The van der Waals surface area contributed by atoms with Gasteiger partial charge < -0.3 is 57.6 Å². The van der Waals surface area contributed by atoms with E-state index in [2.05, 4.69) is 21.3 Å². The lowest BCUT2D eigenvalue weighted by Gasteiger charge is -2.32. The first-order valence-corrected chi connectivity index (χ1v) is 22.1. The molecule has 2 aliphatic rings. The van der Waals surface area contributed by atoms with E-state index < -0.39 is 59.3 Å². The van der Waals surface area contributed by atoms with Crippen molar-refractivity contribution in [1.29, 1.82) is 5.26 Å². The SMILES string of the molecule is Cc1nc(-c2ccc3c(c2)COC3(C)C)nc(C)c1C(=O)N[C@@H](CCN)C(=O)N(C)[C@@H]1C(=O)N[C@@H](C)C(=O)N[C@H](C(=O)NCC#N)Cc2ccc(OCCN)c(c2)-c2cc1ccc2OCCN. The standard InChI is InChI=1S/C48H59N11O8/c1-26-40(27(2)55-42(54-26)31-8-10-35-32(23-31)25-67-48(35,4)5)45(62)57-36(13-14-49)47(64)59(6)41-30-9-12-39(66-20-17-52)34(24-30)33-21-29(7-11-38(33)65-19-16-51)22-37(44(61)53-18-15-50)58-43(60)28(3)56-46(41)63/h7-12,21,23-24,28,36-37,41H,13-14,16-20,22,25,49,51-52H2,1-6H3,(H,53,61)(H,56,63)(H,57,62)(H,58,60)/t28-,36-,37-,41-/m0/s1. The molecule has 0 saturated carbocycles. The van der Waals surface area contributed by atoms with Gasteiger partial charge in [0.25, 0.3) is 5.91 Å². The summed E-state index contributed by atoms with van der Waals surface area (Å²) >= 11 is 0. The monoisotopic (exact) mass is 917 g/mol. The van der Waals surface area contributed by atoms with Gasteiger partial charge in [0, 0.05) is 43.2 Å². The van der Waals surface area contributed by atoms with Crippen LogP contribution in [-0.2, 0) is 42.5 Å². The van der Waals surface area contributed by atoms with Gasteiger partial charge in [0.05, 0.1) is 35.2 Å². The van der Waals surface area contributed by atoms with Gasteiger partial charge in [0.15, 0.2) is 5.82 Å². The number of hydrogen-bond acceptors (Lipinski definition) is 14. The summed E-state index contributed by atoms with van der Waals surface area (Å²) in [7, 11) is 1.41. The maximum absolute atomic E-state index is 14.8. The number of nitrogens with one attached hydrogen (secondary N) is 4. The highest BCUT2D eigenvalue weighted by molar-refractivity contribution is 6.00. The maximum Gasteiger partial charge on any atom is 0.255 e. The Morgan fingerprint density at radius 2 is 1.58 bits per heavy atom. The smallest absolute Gasteiger partial charge is 0.255 e. The Morgan fingerprint density at radius 1 is 0.925 bits per heavy atom. The molecule has 0 saturated heterocycles. The van der Waals surface area contributed by atoms with Crippen molar-refractivity contribution in [3.05, 3.63) is 93.8 Å². The first kappa shape index (κ1) is 49.5. The molecule has 67 heavy (non-hydrogen) atoms. The lowest BCUT2D eigenvalue weighted by Crippen LogP contribution is -2.56. The molecule has 0 aliphatic carbocycles. The van der Waals surface area contributed by atoms with Crippen LogP contribution in [0.3, 0.4) is 0 Å². The van der Waals surface area contributed by atoms with E-state index >= 15 is 0 Å². The minimum Gasteiger partial charge on any atom is -0.492 e. The summed E-state index contributed by atoms with van der Waals surface area (Å²) in [4.78, 5) is 81.2. The molecule has 19 heteroatoms. The first-order valence-electron chi connectivity index (χ1n) is 22.1. The fraction of sp³-hybridized carbons (Fsp3) is 0.417. The second-order valence-corrected chi connectivity index (χ2v) is 17.0. The molecule has 4 atom stereocenters. The zero-order chi connectivity index (χ0) is 48.6. The number of hydrogen-bond donors (Lipinski definition) is 7. The fourth-order valence-electron chi connectivity index (χ4n) is 8.31. The number of likely N-dealkylation sites (N-methyl/N-ethyl adjacent to an activating group) is 1. The zero-order valence-electron chi connectivity index (χ0n) is 38.7. The van der Waals surface area contributed by atoms with Crippen LogP contribution in [0.4, 0.5) is 0 Å². The minimum absolute atomic E-state index is 0.000961. The molecule has 19 nitrogen and oxygen atoms in total. The molecule has 4 bridgehead atoms. The Bertz CT molecular complexity index is 2550. The molecule has 0 spiro atoms. The van der Waals surface area contributed by atoms with Gasteiger partial charge in [-0.05, 0) is 100 Å². The van der Waals surface area contributed by atoms with Gasteiger partial charge in [-0.2, -0.15) is 5.26 Å². The van der Waals surface area contributed by atoms with E-state index in [0.717, 1.165) is 16.7 Å². The summed E-state index contributed by atoms with van der Waals surface area (Å²) in [6.45, 7) is 9.65. The average molecular weight is 918 g/mol. The highest BCUT2D eigenvalue weighted by atomic mass is 16.5. The fourth-order valence-corrected chi connectivity index (χ4v) is 8.31. The van der Waals surface area contributed by atoms with Gasteiger partial charge in [-0.25, -0.2) is 9.97 Å². The number of nitriles is 1. The number of benzene rings is 3. The molecular weight excluding hydrogens is 859 g/mol. The second kappa shape index (κ2) is 21.5. The number of amides is 5.